The van der Waals surface area contributed by atoms with Gasteiger partial charge in [-0.15, -0.1) is 49.4 Å². The third-order valence-corrected chi connectivity index (χ3v) is 20.7. The summed E-state index contributed by atoms with van der Waals surface area (Å²) in [5.74, 6) is 1.21. The van der Waals surface area contributed by atoms with Gasteiger partial charge < -0.3 is 130 Å². The molecule has 0 radical (unpaired) electrons. The Hall–Kier alpha value is -0.0513. The summed E-state index contributed by atoms with van der Waals surface area (Å²) in [5.41, 5.74) is 23.0. The summed E-state index contributed by atoms with van der Waals surface area (Å²) in [5, 5.41) is 28.6. The van der Waals surface area contributed by atoms with E-state index in [4.69, 9.17) is 64.5 Å². The van der Waals surface area contributed by atoms with Crippen molar-refractivity contribution in [1.29, 1.82) is 0 Å². The number of thiol groups is 2. The summed E-state index contributed by atoms with van der Waals surface area (Å²) >= 11 is 29.2. The SMILES string of the molecule is C.C.CCCN(CCNC(=O)CC)C1CC[C@]1(C)N.CCCNCCNC(=O)CC.C[C@]1(N)CCC1N(CCS)CCNC(=O)CS.C[C@]1(N)CCC1N(CC[S-])CC[N-]C(=O)C[S-].C[C@]12CCC1OS(=O)(=O)C2.Cl.Cl.N[C@@]1(C(=O)O)CCC1N(CC[S-])CC[N-]C(=O)C[S-].[O]=[Tc+4].[O]=[Tc+4]. The molecule has 5 amide bonds. The van der Waals surface area contributed by atoms with Gasteiger partial charge in [-0.25, -0.2) is 0 Å². The molecule has 13 N–H and O–H groups in total. The van der Waals surface area contributed by atoms with Crippen molar-refractivity contribution in [3.05, 3.63) is 10.6 Å². The van der Waals surface area contributed by atoms with Crippen LogP contribution in [0.2, 0.25) is 0 Å². The molecule has 5 unspecified atom stereocenters. The van der Waals surface area contributed by atoms with Crippen molar-refractivity contribution in [2.24, 2.45) is 28.3 Å². The number of carboxylic acid groups (broad SMARTS) is 1. The van der Waals surface area contributed by atoms with Gasteiger partial charge in [-0.2, -0.15) is 45.2 Å². The van der Waals surface area contributed by atoms with E-state index < -0.39 is 21.6 Å². The molecule has 37 heteroatoms. The molecule has 0 bridgehead atoms. The molecule has 1 saturated heterocycles. The van der Waals surface area contributed by atoms with Crippen LogP contribution in [0.4, 0.5) is 0 Å². The summed E-state index contributed by atoms with van der Waals surface area (Å²) in [4.78, 5) is 75.1. The Morgan fingerprint density at radius 2 is 0.939 bits per heavy atom. The van der Waals surface area contributed by atoms with Gasteiger partial charge in [0.15, 0.2) is 0 Å². The molecule has 0 aromatic heterocycles. The monoisotopic (exact) mass is 1750 g/mol. The number of rotatable bonds is 35. The summed E-state index contributed by atoms with van der Waals surface area (Å²) in [7, 11) is -3.14. The third kappa shape index (κ3) is 42.3. The number of nitrogens with one attached hydrogen (secondary N) is 4. The number of fused-ring (bicyclic) bond motifs is 1. The number of carboxylic acids is 1. The van der Waals surface area contributed by atoms with Crippen molar-refractivity contribution in [1.82, 2.24) is 40.9 Å². The molecule has 6 rings (SSSR count). The second kappa shape index (κ2) is 59.9. The molecule has 0 spiro atoms. The number of hydrogen-bond acceptors (Lipinski definition) is 26. The Kier molecular flexibility index (Phi) is 66.5. The predicted molar refractivity (Wildman–Crippen MR) is 412 cm³/mol. The van der Waals surface area contributed by atoms with Crippen LogP contribution in [0.1, 0.15) is 160 Å². The van der Waals surface area contributed by atoms with Crippen LogP contribution in [0.3, 0.4) is 0 Å². The van der Waals surface area contributed by atoms with E-state index in [0.29, 0.717) is 81.6 Å². The number of hydrogen-bond donors (Lipinski definition) is 11. The van der Waals surface area contributed by atoms with Gasteiger partial charge in [-0.05, 0) is 137 Å². The van der Waals surface area contributed by atoms with E-state index in [0.717, 1.165) is 173 Å². The van der Waals surface area contributed by atoms with Gasteiger partial charge >= 0.3 is 50.7 Å². The Labute approximate surface area is 662 Å². The second-order valence-electron chi connectivity index (χ2n) is 25.3. The van der Waals surface area contributed by atoms with Gasteiger partial charge in [0.05, 0.1) is 17.6 Å². The number of halogens is 2. The summed E-state index contributed by atoms with van der Waals surface area (Å²) in [6.07, 6.45) is 13.2. The first-order valence-electron chi connectivity index (χ1n) is 32.8. The molecule has 1 aliphatic heterocycles. The minimum absolute atomic E-state index is 0. The normalized spacial score (nSPS) is 25.6. The summed E-state index contributed by atoms with van der Waals surface area (Å²) < 4.78 is 43.0. The van der Waals surface area contributed by atoms with Crippen molar-refractivity contribution in [2.45, 2.75) is 213 Å². The van der Waals surface area contributed by atoms with E-state index in [-0.39, 0.29) is 126 Å². The van der Waals surface area contributed by atoms with Crippen LogP contribution in [0.25, 0.3) is 10.6 Å². The second-order valence-corrected chi connectivity index (χ2v) is 29.1. The van der Waals surface area contributed by atoms with Gasteiger partial charge in [0.1, 0.15) is 5.54 Å². The number of carbonyl (C=O) groups excluding carboxylic acids is 5. The van der Waals surface area contributed by atoms with Crippen molar-refractivity contribution in [3.63, 3.8) is 0 Å². The fourth-order valence-corrected chi connectivity index (χ4v) is 14.6. The van der Waals surface area contributed by atoms with Crippen molar-refractivity contribution in [3.8, 4) is 0 Å². The van der Waals surface area contributed by atoms with Crippen LogP contribution in [0, 0.1) is 5.41 Å². The number of amides is 5. The summed E-state index contributed by atoms with van der Waals surface area (Å²) in [6.45, 7) is 27.5. The van der Waals surface area contributed by atoms with E-state index >= 15 is 0 Å². The molecular weight excluding hydrogens is 1620 g/mol. The average Bonchev–Trinajstić information content (AvgIpc) is 1.70. The molecule has 26 nitrogen and oxygen atoms in total. The van der Waals surface area contributed by atoms with Gasteiger partial charge in [0.25, 0.3) is 10.1 Å². The van der Waals surface area contributed by atoms with Crippen molar-refractivity contribution >= 4 is 146 Å². The molecule has 0 aromatic carbocycles. The van der Waals surface area contributed by atoms with Gasteiger partial charge in [0.2, 0.25) is 17.7 Å². The average molecular weight is 1750 g/mol. The topological polar surface area (TPSA) is 394 Å². The summed E-state index contributed by atoms with van der Waals surface area (Å²) in [6, 6.07) is 1.05. The van der Waals surface area contributed by atoms with Crippen LogP contribution in [-0.4, -0.2) is 259 Å². The molecule has 6 aliphatic rings. The molecule has 0 aromatic rings. The zero-order valence-electron chi connectivity index (χ0n) is 58.3. The van der Waals surface area contributed by atoms with Gasteiger partial charge in [0, 0.05) is 122 Å². The van der Waals surface area contributed by atoms with Crippen LogP contribution in [-0.2, 0) is 138 Å². The van der Waals surface area contributed by atoms with Gasteiger partial charge in [-0.3, -0.25) is 33.2 Å². The molecule has 584 valence electrons. The maximum atomic E-state index is 11.2. The predicted octanol–water partition coefficient (Wildman–Crippen LogP) is 3.54. The quantitative estimate of drug-likeness (QED) is 0.0187. The van der Waals surface area contributed by atoms with Crippen LogP contribution in [0.15, 0.2) is 0 Å². The van der Waals surface area contributed by atoms with Crippen LogP contribution in [0.5, 0.6) is 0 Å². The van der Waals surface area contributed by atoms with E-state index in [2.05, 4.69) is 132 Å². The fourth-order valence-electron chi connectivity index (χ4n) is 11.6. The number of carbonyl (C=O) groups is 6. The van der Waals surface area contributed by atoms with Crippen LogP contribution < -0.4 is 44.2 Å². The van der Waals surface area contributed by atoms with E-state index in [1.165, 1.54) is 6.42 Å². The van der Waals surface area contributed by atoms with Gasteiger partial charge in [-0.1, -0.05) is 49.5 Å². The van der Waals surface area contributed by atoms with E-state index in [9.17, 15) is 37.2 Å². The Morgan fingerprint density at radius 1 is 0.545 bits per heavy atom. The number of nitrogens with zero attached hydrogens (tertiary/aromatic N) is 6. The van der Waals surface area contributed by atoms with Crippen molar-refractivity contribution in [2.75, 3.05) is 138 Å². The Morgan fingerprint density at radius 3 is 1.21 bits per heavy atom. The Bertz CT molecular complexity index is 2200. The zero-order valence-corrected chi connectivity index (χ0v) is 69.5. The van der Waals surface area contributed by atoms with Crippen LogP contribution >= 0.6 is 50.1 Å². The third-order valence-electron chi connectivity index (χ3n) is 17.8. The molecule has 1 heterocycles. The molecule has 99 heavy (non-hydrogen) atoms. The van der Waals surface area contributed by atoms with E-state index in [1.54, 1.807) is 0 Å². The fraction of sp³-hybridized carbons (Fsp3) is 0.903. The molecule has 10 atom stereocenters. The van der Waals surface area contributed by atoms with E-state index in [1.807, 2.05) is 25.7 Å². The molecule has 6 fully saturated rings. The number of aliphatic carboxylic acids is 1. The van der Waals surface area contributed by atoms with Crippen molar-refractivity contribution < 1.29 is 91.2 Å². The molecule has 5 saturated carbocycles. The molecule has 5 aliphatic carbocycles. The maximum absolute atomic E-state index is 11.2. The zero-order chi connectivity index (χ0) is 73.1. The number of nitrogens with two attached hydrogens (primary N) is 4. The Balaban J connectivity index is -0.000000260. The minimum atomic E-state index is -3.14. The standard InChI is InChI=1S/C13H27N3O.C11H21N3O3S2.2C11H23N3OS2.C8H18N2O.C6H10O3S.2CH4.2ClH.2O.2Tc/c1-4-9-16(10-8-15-12(17)5-2)11-6-7-13(11,3)14;12-11(10(16)17)2-1-8(11)14(5-6-18)4-3-13-9(15)7-19;2*1-11(12)3-2-9(11)14(6-7-16)5-4-13-10(15)8-17;1-3-5-9-6-7-10-8(11)4-2;1-6-3-2-5(6)9-10(7,8)4-6;;;;;;;;/h11H,4-10,14H2,1-3H3,(H,15,17);8H,1-7,12H2,(H4,13,15,16,17,18,19);9H,2-8,12H2,1H3,(H3,13,15,16,17);9,16-17H,2-8,12H2,1H3,(H,13,15);9H,3-7H2,1-2H3,(H,10,11);5H,2-4H2,1H3;2*1H4;2*1H;;;;/q;;;;;;;;;;;;2*+4/p-6/t11?,13-;8?,11-;2*9?,11-;;5?,6-;;;;;;;;/m0000.1......../s1. The first-order valence-corrected chi connectivity index (χ1v) is 39.5. The first-order chi connectivity index (χ1) is 44.8. The molecular formula is C62H126Cl2N14O12S7Tc2+2. The first kappa shape index (κ1) is 110.